The quantitative estimate of drug-likeness (QED) is 0.760. The molecule has 0 spiro atoms. The molecular weight excluding hydrogens is 278 g/mol. The molecule has 0 radical (unpaired) electrons. The summed E-state index contributed by atoms with van der Waals surface area (Å²) >= 11 is 3.57. The van der Waals surface area contributed by atoms with E-state index in [-0.39, 0.29) is 5.92 Å². The van der Waals surface area contributed by atoms with Gasteiger partial charge in [-0.1, -0.05) is 22.0 Å². The number of benzene rings is 1. The molecule has 0 N–H and O–H groups in total. The second-order valence-corrected chi connectivity index (χ2v) is 5.26. The zero-order valence-corrected chi connectivity index (χ0v) is 10.3. The zero-order valence-electron chi connectivity index (χ0n) is 8.76. The number of hydrogen-bond acceptors (Lipinski definition) is 1. The van der Waals surface area contributed by atoms with Crippen molar-refractivity contribution in [1.82, 2.24) is 0 Å². The molecule has 16 heavy (non-hydrogen) atoms. The van der Waals surface area contributed by atoms with Crippen LogP contribution in [0.3, 0.4) is 0 Å². The Balaban J connectivity index is 2.07. The van der Waals surface area contributed by atoms with Gasteiger partial charge in [0.15, 0.2) is 0 Å². The molecule has 2 atom stereocenters. The van der Waals surface area contributed by atoms with Crippen LogP contribution in [-0.2, 0) is 11.2 Å². The van der Waals surface area contributed by atoms with Crippen molar-refractivity contribution in [3.8, 4) is 0 Å². The predicted octanol–water partition coefficient (Wildman–Crippen LogP) is 3.31. The molecule has 1 aromatic carbocycles. The molecule has 0 aromatic heterocycles. The average Bonchev–Trinajstić information content (AvgIpc) is 2.25. The SMILES string of the molecule is Fc1ccc(CC2COCCC2Br)c(F)c1. The molecule has 0 saturated carbocycles. The van der Waals surface area contributed by atoms with Crippen LogP contribution in [-0.4, -0.2) is 18.0 Å². The van der Waals surface area contributed by atoms with Crippen LogP contribution in [0.4, 0.5) is 8.78 Å². The highest BCUT2D eigenvalue weighted by Gasteiger charge is 2.24. The molecule has 2 unspecified atom stereocenters. The van der Waals surface area contributed by atoms with E-state index >= 15 is 0 Å². The molecule has 1 aliphatic heterocycles. The molecule has 1 saturated heterocycles. The third-order valence-electron chi connectivity index (χ3n) is 2.88. The van der Waals surface area contributed by atoms with Crippen LogP contribution < -0.4 is 0 Å². The van der Waals surface area contributed by atoms with Gasteiger partial charge in [-0.25, -0.2) is 8.78 Å². The van der Waals surface area contributed by atoms with Crippen molar-refractivity contribution in [3.63, 3.8) is 0 Å². The lowest BCUT2D eigenvalue weighted by molar-refractivity contribution is 0.0603. The Kier molecular flexibility index (Phi) is 3.92. The van der Waals surface area contributed by atoms with Gasteiger partial charge in [-0.2, -0.15) is 0 Å². The Hall–Kier alpha value is -0.480. The van der Waals surface area contributed by atoms with Crippen molar-refractivity contribution < 1.29 is 13.5 Å². The van der Waals surface area contributed by atoms with E-state index in [1.165, 1.54) is 12.1 Å². The van der Waals surface area contributed by atoms with E-state index < -0.39 is 11.6 Å². The van der Waals surface area contributed by atoms with Crippen molar-refractivity contribution in [2.24, 2.45) is 5.92 Å². The molecule has 1 aliphatic rings. The average molecular weight is 291 g/mol. The van der Waals surface area contributed by atoms with Gasteiger partial charge in [0.1, 0.15) is 11.6 Å². The van der Waals surface area contributed by atoms with E-state index in [1.807, 2.05) is 0 Å². The predicted molar refractivity (Wildman–Crippen MR) is 61.7 cm³/mol. The first-order valence-electron chi connectivity index (χ1n) is 5.32. The molecule has 2 rings (SSSR count). The molecule has 1 fully saturated rings. The Labute approximate surface area is 102 Å². The van der Waals surface area contributed by atoms with Crippen LogP contribution in [0.2, 0.25) is 0 Å². The lowest BCUT2D eigenvalue weighted by Gasteiger charge is -2.27. The zero-order chi connectivity index (χ0) is 11.5. The summed E-state index contributed by atoms with van der Waals surface area (Å²) < 4.78 is 31.5. The van der Waals surface area contributed by atoms with E-state index in [0.717, 1.165) is 19.1 Å². The first kappa shape index (κ1) is 12.0. The second kappa shape index (κ2) is 5.23. The van der Waals surface area contributed by atoms with Gasteiger partial charge in [-0.15, -0.1) is 0 Å². The summed E-state index contributed by atoms with van der Waals surface area (Å²) in [5.41, 5.74) is 0.557. The van der Waals surface area contributed by atoms with Crippen LogP contribution in [0.15, 0.2) is 18.2 Å². The third-order valence-corrected chi connectivity index (χ3v) is 4.08. The van der Waals surface area contributed by atoms with Crippen molar-refractivity contribution in [2.75, 3.05) is 13.2 Å². The minimum Gasteiger partial charge on any atom is -0.381 e. The molecule has 4 heteroatoms. The Bertz CT molecular complexity index is 370. The number of alkyl halides is 1. The molecule has 1 aromatic rings. The highest BCUT2D eigenvalue weighted by Crippen LogP contribution is 2.26. The van der Waals surface area contributed by atoms with E-state index in [1.54, 1.807) is 0 Å². The first-order valence-corrected chi connectivity index (χ1v) is 6.24. The van der Waals surface area contributed by atoms with Crippen LogP contribution >= 0.6 is 15.9 Å². The summed E-state index contributed by atoms with van der Waals surface area (Å²) in [5, 5.41) is 0. The van der Waals surface area contributed by atoms with Crippen molar-refractivity contribution >= 4 is 15.9 Å². The van der Waals surface area contributed by atoms with E-state index in [9.17, 15) is 8.78 Å². The Morgan fingerprint density at radius 1 is 1.38 bits per heavy atom. The fourth-order valence-corrected chi connectivity index (χ4v) is 2.45. The molecule has 0 bridgehead atoms. The highest BCUT2D eigenvalue weighted by molar-refractivity contribution is 9.09. The molecule has 0 aliphatic carbocycles. The van der Waals surface area contributed by atoms with Gasteiger partial charge >= 0.3 is 0 Å². The van der Waals surface area contributed by atoms with Gasteiger partial charge in [-0.05, 0) is 30.4 Å². The monoisotopic (exact) mass is 290 g/mol. The standard InChI is InChI=1S/C12H13BrF2O/c13-11-3-4-16-7-9(11)5-8-1-2-10(14)6-12(8)15/h1-2,6,9,11H,3-5,7H2. The van der Waals surface area contributed by atoms with Crippen molar-refractivity contribution in [3.05, 3.63) is 35.4 Å². The van der Waals surface area contributed by atoms with Gasteiger partial charge in [0.05, 0.1) is 6.61 Å². The van der Waals surface area contributed by atoms with Crippen LogP contribution in [0.5, 0.6) is 0 Å². The third kappa shape index (κ3) is 2.80. The van der Waals surface area contributed by atoms with E-state index in [4.69, 9.17) is 4.74 Å². The van der Waals surface area contributed by atoms with Gasteiger partial charge in [0, 0.05) is 17.5 Å². The number of halogens is 3. The van der Waals surface area contributed by atoms with Gasteiger partial charge in [0.2, 0.25) is 0 Å². The largest absolute Gasteiger partial charge is 0.381 e. The van der Waals surface area contributed by atoms with Gasteiger partial charge in [-0.3, -0.25) is 0 Å². The minimum atomic E-state index is -0.531. The summed E-state index contributed by atoms with van der Waals surface area (Å²) in [6.45, 7) is 1.38. The number of rotatable bonds is 2. The molecule has 88 valence electrons. The smallest absolute Gasteiger partial charge is 0.129 e. The highest BCUT2D eigenvalue weighted by atomic mass is 79.9. The Morgan fingerprint density at radius 2 is 2.19 bits per heavy atom. The van der Waals surface area contributed by atoms with Gasteiger partial charge < -0.3 is 4.74 Å². The summed E-state index contributed by atoms with van der Waals surface area (Å²) in [6.07, 6.45) is 1.52. The maximum absolute atomic E-state index is 13.4. The second-order valence-electron chi connectivity index (χ2n) is 4.08. The van der Waals surface area contributed by atoms with Gasteiger partial charge in [0.25, 0.3) is 0 Å². The summed E-state index contributed by atoms with van der Waals surface area (Å²) in [7, 11) is 0. The van der Waals surface area contributed by atoms with Crippen LogP contribution in [0, 0.1) is 17.6 Å². The molecule has 1 heterocycles. The maximum atomic E-state index is 13.4. The molecule has 1 nitrogen and oxygen atoms in total. The molecule has 0 amide bonds. The summed E-state index contributed by atoms with van der Waals surface area (Å²) in [4.78, 5) is 0.353. The van der Waals surface area contributed by atoms with Crippen molar-refractivity contribution in [2.45, 2.75) is 17.7 Å². The Morgan fingerprint density at radius 3 is 2.88 bits per heavy atom. The summed E-state index contributed by atoms with van der Waals surface area (Å²) in [6, 6.07) is 3.74. The van der Waals surface area contributed by atoms with Crippen LogP contribution in [0.1, 0.15) is 12.0 Å². The lowest BCUT2D eigenvalue weighted by Crippen LogP contribution is -2.29. The van der Waals surface area contributed by atoms with E-state index in [2.05, 4.69) is 15.9 Å². The van der Waals surface area contributed by atoms with E-state index in [0.29, 0.717) is 23.4 Å². The van der Waals surface area contributed by atoms with Crippen molar-refractivity contribution in [1.29, 1.82) is 0 Å². The van der Waals surface area contributed by atoms with Crippen LogP contribution in [0.25, 0.3) is 0 Å². The fraction of sp³-hybridized carbons (Fsp3) is 0.500. The lowest BCUT2D eigenvalue weighted by atomic mass is 9.94. The number of ether oxygens (including phenoxy) is 1. The number of hydrogen-bond donors (Lipinski definition) is 0. The fourth-order valence-electron chi connectivity index (χ4n) is 1.93. The molecular formula is C12H13BrF2O. The maximum Gasteiger partial charge on any atom is 0.129 e. The summed E-state index contributed by atoms with van der Waals surface area (Å²) in [5.74, 6) is -0.740. The minimum absolute atomic E-state index is 0.258. The first-order chi connectivity index (χ1) is 7.66. The topological polar surface area (TPSA) is 9.23 Å². The normalized spacial score (nSPS) is 25.7.